The van der Waals surface area contributed by atoms with Gasteiger partial charge >= 0.3 is 0 Å². The number of pyridine rings is 1. The Bertz CT molecular complexity index is 1420. The fourth-order valence-corrected chi connectivity index (χ4v) is 3.92. The van der Waals surface area contributed by atoms with Crippen LogP contribution < -0.4 is 4.74 Å². The number of benzene rings is 1. The molecular weight excluding hydrogens is 380 g/mol. The van der Waals surface area contributed by atoms with E-state index in [-0.39, 0.29) is 12.5 Å². The molecule has 1 N–H and O–H groups in total. The Morgan fingerprint density at radius 3 is 2.80 bits per heavy atom. The van der Waals surface area contributed by atoms with Gasteiger partial charge in [-0.1, -0.05) is 0 Å². The van der Waals surface area contributed by atoms with E-state index in [1.54, 1.807) is 26.1 Å². The highest BCUT2D eigenvalue weighted by Crippen LogP contribution is 2.35. The zero-order valence-corrected chi connectivity index (χ0v) is 17.3. The first kappa shape index (κ1) is 18.2. The molecule has 4 aromatic heterocycles. The number of likely N-dealkylation sites (N-methyl/N-ethyl adjacent to an activating group) is 1. The summed E-state index contributed by atoms with van der Waals surface area (Å²) >= 11 is 0. The standard InChI is InChI=1S/C22H22N6O2/c1-26(2)20(29)12-28-11-17(15-7-14(30-4)5-6-19(15)28)18-8-16-21-13(10-24-27(21)3)9-23-22(16)25-18/h5-11H,12H2,1-4H3,(H,23,25). The first-order valence-corrected chi connectivity index (χ1v) is 9.63. The third-order valence-corrected chi connectivity index (χ3v) is 5.53. The Balaban J connectivity index is 1.74. The first-order chi connectivity index (χ1) is 14.5. The van der Waals surface area contributed by atoms with Crippen LogP contribution in [0.1, 0.15) is 0 Å². The third kappa shape index (κ3) is 2.72. The van der Waals surface area contributed by atoms with Crippen LogP contribution in [-0.2, 0) is 18.4 Å². The maximum atomic E-state index is 12.4. The lowest BCUT2D eigenvalue weighted by Gasteiger charge is -2.11. The van der Waals surface area contributed by atoms with Crippen LogP contribution in [0.25, 0.3) is 44.1 Å². The molecule has 0 saturated heterocycles. The fraction of sp³-hybridized carbons (Fsp3) is 0.227. The lowest BCUT2D eigenvalue weighted by molar-refractivity contribution is -0.129. The van der Waals surface area contributed by atoms with E-state index >= 15 is 0 Å². The second-order valence-corrected chi connectivity index (χ2v) is 7.62. The van der Waals surface area contributed by atoms with Crippen molar-refractivity contribution in [3.63, 3.8) is 0 Å². The second kappa shape index (κ2) is 6.62. The van der Waals surface area contributed by atoms with Gasteiger partial charge in [0.15, 0.2) is 0 Å². The van der Waals surface area contributed by atoms with Gasteiger partial charge in [0.2, 0.25) is 5.91 Å². The van der Waals surface area contributed by atoms with Crippen molar-refractivity contribution in [1.82, 2.24) is 29.2 Å². The summed E-state index contributed by atoms with van der Waals surface area (Å²) in [4.78, 5) is 22.0. The summed E-state index contributed by atoms with van der Waals surface area (Å²) in [5.74, 6) is 0.799. The number of amides is 1. The Kier molecular flexibility index (Phi) is 4.02. The molecule has 0 spiro atoms. The van der Waals surface area contributed by atoms with Crippen molar-refractivity contribution in [3.05, 3.63) is 42.9 Å². The highest BCUT2D eigenvalue weighted by atomic mass is 16.5. The van der Waals surface area contributed by atoms with E-state index in [4.69, 9.17) is 4.74 Å². The number of nitrogens with one attached hydrogen (secondary N) is 1. The minimum absolute atomic E-state index is 0.0316. The van der Waals surface area contributed by atoms with Gasteiger partial charge in [0, 0.05) is 66.5 Å². The van der Waals surface area contributed by atoms with Crippen LogP contribution >= 0.6 is 0 Å². The number of nitrogens with zero attached hydrogens (tertiary/aromatic N) is 5. The molecule has 5 rings (SSSR count). The van der Waals surface area contributed by atoms with Crippen molar-refractivity contribution >= 4 is 38.7 Å². The highest BCUT2D eigenvalue weighted by molar-refractivity contribution is 6.06. The Labute approximate surface area is 172 Å². The van der Waals surface area contributed by atoms with Crippen LogP contribution in [-0.4, -0.2) is 56.3 Å². The number of hydrogen-bond donors (Lipinski definition) is 1. The number of hydrogen-bond acceptors (Lipinski definition) is 4. The van der Waals surface area contributed by atoms with Crippen molar-refractivity contribution in [2.24, 2.45) is 7.05 Å². The van der Waals surface area contributed by atoms with Crippen molar-refractivity contribution in [1.29, 1.82) is 0 Å². The smallest absolute Gasteiger partial charge is 0.241 e. The van der Waals surface area contributed by atoms with Gasteiger partial charge in [0.05, 0.1) is 18.8 Å². The van der Waals surface area contributed by atoms with Gasteiger partial charge in [-0.3, -0.25) is 9.48 Å². The lowest BCUT2D eigenvalue weighted by atomic mass is 10.1. The van der Waals surface area contributed by atoms with Gasteiger partial charge in [-0.25, -0.2) is 4.98 Å². The van der Waals surface area contributed by atoms with Crippen molar-refractivity contribution in [3.8, 4) is 17.0 Å². The molecule has 1 aromatic carbocycles. The van der Waals surface area contributed by atoms with Crippen LogP contribution in [0.3, 0.4) is 0 Å². The number of aryl methyl sites for hydroxylation is 1. The molecule has 0 unspecified atom stereocenters. The van der Waals surface area contributed by atoms with Gasteiger partial charge < -0.3 is 19.2 Å². The van der Waals surface area contributed by atoms with Crippen molar-refractivity contribution in [2.75, 3.05) is 21.2 Å². The van der Waals surface area contributed by atoms with Gasteiger partial charge in [-0.2, -0.15) is 5.10 Å². The predicted molar refractivity (Wildman–Crippen MR) is 117 cm³/mol. The molecule has 0 saturated carbocycles. The molecule has 0 aliphatic carbocycles. The Hall–Kier alpha value is -3.81. The number of rotatable bonds is 4. The van der Waals surface area contributed by atoms with Gasteiger partial charge in [-0.15, -0.1) is 0 Å². The molecule has 8 heteroatoms. The lowest BCUT2D eigenvalue weighted by Crippen LogP contribution is -2.25. The van der Waals surface area contributed by atoms with E-state index in [1.165, 1.54) is 0 Å². The van der Waals surface area contributed by atoms with Crippen molar-refractivity contribution in [2.45, 2.75) is 6.54 Å². The number of H-pyrrole nitrogens is 1. The van der Waals surface area contributed by atoms with E-state index in [2.05, 4.69) is 21.1 Å². The average molecular weight is 402 g/mol. The van der Waals surface area contributed by atoms with Crippen molar-refractivity contribution < 1.29 is 9.53 Å². The number of carbonyl (C=O) groups excluding carboxylic acids is 1. The maximum absolute atomic E-state index is 12.4. The summed E-state index contributed by atoms with van der Waals surface area (Å²) < 4.78 is 9.28. The molecule has 4 heterocycles. The molecule has 0 atom stereocenters. The number of aromatic amines is 1. The summed E-state index contributed by atoms with van der Waals surface area (Å²) in [6.07, 6.45) is 5.65. The summed E-state index contributed by atoms with van der Waals surface area (Å²) in [6, 6.07) is 7.99. The Morgan fingerprint density at radius 2 is 2.03 bits per heavy atom. The quantitative estimate of drug-likeness (QED) is 0.501. The third-order valence-electron chi connectivity index (χ3n) is 5.53. The van der Waals surface area contributed by atoms with Crippen LogP contribution in [0.4, 0.5) is 0 Å². The largest absolute Gasteiger partial charge is 0.497 e. The van der Waals surface area contributed by atoms with E-state index in [0.717, 1.165) is 49.8 Å². The minimum atomic E-state index is 0.0316. The molecule has 0 fully saturated rings. The first-order valence-electron chi connectivity index (χ1n) is 9.63. The minimum Gasteiger partial charge on any atom is -0.497 e. The number of aromatic nitrogens is 5. The highest BCUT2D eigenvalue weighted by Gasteiger charge is 2.17. The monoisotopic (exact) mass is 402 g/mol. The zero-order valence-electron chi connectivity index (χ0n) is 17.3. The molecule has 0 bridgehead atoms. The van der Waals surface area contributed by atoms with Crippen LogP contribution in [0.2, 0.25) is 0 Å². The zero-order chi connectivity index (χ0) is 21.0. The SMILES string of the molecule is COc1ccc2c(c1)c(-c1cc3c(ncc4cnn(C)c43)[nH]1)cn2CC(=O)N(C)C. The predicted octanol–water partition coefficient (Wildman–Crippen LogP) is 3.17. The van der Waals surface area contributed by atoms with E-state index in [1.807, 2.05) is 53.1 Å². The number of fused-ring (bicyclic) bond motifs is 4. The molecule has 0 aliphatic heterocycles. The van der Waals surface area contributed by atoms with Gasteiger partial charge in [-0.05, 0) is 24.3 Å². The molecule has 1 amide bonds. The maximum Gasteiger partial charge on any atom is 0.241 e. The van der Waals surface area contributed by atoms with Crippen LogP contribution in [0.5, 0.6) is 5.75 Å². The van der Waals surface area contributed by atoms with E-state index in [9.17, 15) is 4.79 Å². The van der Waals surface area contributed by atoms with E-state index in [0.29, 0.717) is 0 Å². The number of carbonyl (C=O) groups is 1. The second-order valence-electron chi connectivity index (χ2n) is 7.62. The summed E-state index contributed by atoms with van der Waals surface area (Å²) in [7, 11) is 7.11. The average Bonchev–Trinajstić information content (AvgIpc) is 3.42. The van der Waals surface area contributed by atoms with Gasteiger partial charge in [0.1, 0.15) is 17.9 Å². The molecule has 8 nitrogen and oxygen atoms in total. The number of ether oxygens (including phenoxy) is 1. The molecule has 152 valence electrons. The molecular formula is C22H22N6O2. The molecule has 5 aromatic rings. The molecule has 0 radical (unpaired) electrons. The van der Waals surface area contributed by atoms with Crippen LogP contribution in [0.15, 0.2) is 42.9 Å². The number of methoxy groups -OCH3 is 1. The van der Waals surface area contributed by atoms with Gasteiger partial charge in [0.25, 0.3) is 0 Å². The summed E-state index contributed by atoms with van der Waals surface area (Å²) in [6.45, 7) is 0.264. The molecule has 30 heavy (non-hydrogen) atoms. The molecule has 0 aliphatic rings. The van der Waals surface area contributed by atoms with E-state index < -0.39 is 0 Å². The normalized spacial score (nSPS) is 11.6. The fourth-order valence-electron chi connectivity index (χ4n) is 3.92. The summed E-state index contributed by atoms with van der Waals surface area (Å²) in [5, 5.41) is 7.37. The summed E-state index contributed by atoms with van der Waals surface area (Å²) in [5.41, 5.74) is 4.73. The van der Waals surface area contributed by atoms with Crippen LogP contribution in [0, 0.1) is 0 Å². The topological polar surface area (TPSA) is 81.0 Å². The Morgan fingerprint density at radius 1 is 1.20 bits per heavy atom.